The van der Waals surface area contributed by atoms with E-state index < -0.39 is 0 Å². The van der Waals surface area contributed by atoms with Gasteiger partial charge in [-0.05, 0) is 12.8 Å². The molecule has 2 nitrogen and oxygen atoms in total. The Morgan fingerprint density at radius 3 is 3.00 bits per heavy atom. The third-order valence-corrected chi connectivity index (χ3v) is 2.36. The Hall–Kier alpha value is -0.0800. The summed E-state index contributed by atoms with van der Waals surface area (Å²) in [6, 6.07) is 0. The zero-order valence-corrected chi connectivity index (χ0v) is 7.25. The molecule has 0 spiro atoms. The highest BCUT2D eigenvalue weighted by Crippen LogP contribution is 2.19. The first-order valence-electron chi connectivity index (χ1n) is 4.60. The third kappa shape index (κ3) is 2.80. The van der Waals surface area contributed by atoms with E-state index in [9.17, 15) is 5.11 Å². The van der Waals surface area contributed by atoms with E-state index in [0.29, 0.717) is 5.92 Å². The van der Waals surface area contributed by atoms with Crippen LogP contribution in [-0.4, -0.2) is 24.4 Å². The lowest BCUT2D eigenvalue weighted by atomic mass is 9.97. The molecule has 1 heterocycles. The van der Waals surface area contributed by atoms with Crippen LogP contribution in [0.3, 0.4) is 0 Å². The molecule has 2 atom stereocenters. The first-order chi connectivity index (χ1) is 5.34. The van der Waals surface area contributed by atoms with E-state index in [1.807, 2.05) is 0 Å². The number of hydrogen-bond acceptors (Lipinski definition) is 2. The molecule has 1 saturated heterocycles. The van der Waals surface area contributed by atoms with E-state index in [0.717, 1.165) is 32.5 Å². The molecule has 2 heteroatoms. The van der Waals surface area contributed by atoms with Gasteiger partial charge in [-0.1, -0.05) is 19.8 Å². The van der Waals surface area contributed by atoms with Crippen molar-refractivity contribution in [3.63, 3.8) is 0 Å². The van der Waals surface area contributed by atoms with Crippen LogP contribution in [0.5, 0.6) is 0 Å². The molecular weight excluding hydrogens is 140 g/mol. The molecule has 1 fully saturated rings. The maximum atomic E-state index is 9.60. The van der Waals surface area contributed by atoms with Crippen LogP contribution in [0.2, 0.25) is 0 Å². The van der Waals surface area contributed by atoms with Gasteiger partial charge in [-0.15, -0.1) is 0 Å². The van der Waals surface area contributed by atoms with E-state index >= 15 is 0 Å². The first kappa shape index (κ1) is 9.01. The Labute approximate surface area is 68.6 Å². The van der Waals surface area contributed by atoms with Crippen molar-refractivity contribution in [2.45, 2.75) is 38.7 Å². The first-order valence-corrected chi connectivity index (χ1v) is 4.60. The summed E-state index contributed by atoms with van der Waals surface area (Å²) in [6.45, 7) is 3.76. The molecule has 0 aromatic carbocycles. The van der Waals surface area contributed by atoms with Crippen molar-refractivity contribution in [3.8, 4) is 0 Å². The second kappa shape index (κ2) is 4.73. The van der Waals surface area contributed by atoms with Gasteiger partial charge in [-0.25, -0.2) is 0 Å². The second-order valence-corrected chi connectivity index (χ2v) is 3.33. The number of hydrogen-bond donors (Lipinski definition) is 1. The quantitative estimate of drug-likeness (QED) is 0.673. The summed E-state index contributed by atoms with van der Waals surface area (Å²) < 4.78 is 5.20. The molecule has 1 rings (SSSR count). The number of aliphatic hydroxyl groups excluding tert-OH is 1. The maximum Gasteiger partial charge on any atom is 0.0591 e. The van der Waals surface area contributed by atoms with Crippen LogP contribution in [0, 0.1) is 5.92 Å². The maximum absolute atomic E-state index is 9.60. The molecule has 0 aromatic heterocycles. The number of rotatable bonds is 4. The van der Waals surface area contributed by atoms with Gasteiger partial charge in [-0.2, -0.15) is 0 Å². The van der Waals surface area contributed by atoms with Crippen LogP contribution in [-0.2, 0) is 4.74 Å². The van der Waals surface area contributed by atoms with Crippen molar-refractivity contribution in [1.82, 2.24) is 0 Å². The summed E-state index contributed by atoms with van der Waals surface area (Å²) in [7, 11) is 0. The van der Waals surface area contributed by atoms with Crippen molar-refractivity contribution in [3.05, 3.63) is 0 Å². The Morgan fingerprint density at radius 1 is 1.64 bits per heavy atom. The minimum atomic E-state index is -0.113. The molecule has 1 aliphatic rings. The number of aliphatic hydroxyl groups is 1. The predicted molar refractivity (Wildman–Crippen MR) is 44.5 cm³/mol. The zero-order valence-electron chi connectivity index (χ0n) is 7.25. The fraction of sp³-hybridized carbons (Fsp3) is 1.00. The van der Waals surface area contributed by atoms with Crippen molar-refractivity contribution in [1.29, 1.82) is 0 Å². The highest BCUT2D eigenvalue weighted by Gasteiger charge is 2.22. The largest absolute Gasteiger partial charge is 0.393 e. The molecular formula is C9H18O2. The zero-order chi connectivity index (χ0) is 8.10. The van der Waals surface area contributed by atoms with Crippen LogP contribution >= 0.6 is 0 Å². The van der Waals surface area contributed by atoms with E-state index in [-0.39, 0.29) is 6.10 Å². The second-order valence-electron chi connectivity index (χ2n) is 3.33. The fourth-order valence-corrected chi connectivity index (χ4v) is 1.51. The lowest BCUT2D eigenvalue weighted by Gasteiger charge is -2.15. The van der Waals surface area contributed by atoms with Gasteiger partial charge in [0.05, 0.1) is 12.7 Å². The molecule has 66 valence electrons. The summed E-state index contributed by atoms with van der Waals surface area (Å²) in [5.41, 5.74) is 0. The van der Waals surface area contributed by atoms with Gasteiger partial charge in [0.15, 0.2) is 0 Å². The van der Waals surface area contributed by atoms with Crippen molar-refractivity contribution in [2.75, 3.05) is 13.2 Å². The van der Waals surface area contributed by atoms with E-state index in [4.69, 9.17) is 4.74 Å². The smallest absolute Gasteiger partial charge is 0.0591 e. The standard InChI is InChI=1S/C9H18O2/c1-2-3-4-9(10)8-5-6-11-7-8/h8-10H,2-7H2,1H3. The summed E-state index contributed by atoms with van der Waals surface area (Å²) in [5.74, 6) is 0.418. The molecule has 0 radical (unpaired) electrons. The Morgan fingerprint density at radius 2 is 2.45 bits per heavy atom. The van der Waals surface area contributed by atoms with Crippen LogP contribution in [0.25, 0.3) is 0 Å². The predicted octanol–water partition coefficient (Wildman–Crippen LogP) is 1.57. The molecule has 1 N–H and O–H groups in total. The average molecular weight is 158 g/mol. The molecule has 0 aliphatic carbocycles. The SMILES string of the molecule is CCCCC(O)C1CCOC1. The Bertz CT molecular complexity index is 97.7. The van der Waals surface area contributed by atoms with Crippen LogP contribution < -0.4 is 0 Å². The van der Waals surface area contributed by atoms with E-state index in [2.05, 4.69) is 6.92 Å². The molecule has 2 unspecified atom stereocenters. The normalized spacial score (nSPS) is 27.3. The highest BCUT2D eigenvalue weighted by atomic mass is 16.5. The van der Waals surface area contributed by atoms with Gasteiger partial charge < -0.3 is 9.84 Å². The van der Waals surface area contributed by atoms with Crippen LogP contribution in [0.4, 0.5) is 0 Å². The minimum Gasteiger partial charge on any atom is -0.393 e. The van der Waals surface area contributed by atoms with Gasteiger partial charge in [0.1, 0.15) is 0 Å². The van der Waals surface area contributed by atoms with Crippen molar-refractivity contribution >= 4 is 0 Å². The minimum absolute atomic E-state index is 0.113. The Kier molecular flexibility index (Phi) is 3.87. The fourth-order valence-electron chi connectivity index (χ4n) is 1.51. The van der Waals surface area contributed by atoms with Crippen LogP contribution in [0.15, 0.2) is 0 Å². The lowest BCUT2D eigenvalue weighted by molar-refractivity contribution is 0.0830. The van der Waals surface area contributed by atoms with Crippen molar-refractivity contribution in [2.24, 2.45) is 5.92 Å². The summed E-state index contributed by atoms with van der Waals surface area (Å²) in [5, 5.41) is 9.60. The van der Waals surface area contributed by atoms with Gasteiger partial charge in [0, 0.05) is 12.5 Å². The molecule has 0 saturated carbocycles. The lowest BCUT2D eigenvalue weighted by Crippen LogP contribution is -2.20. The van der Waals surface area contributed by atoms with E-state index in [1.165, 1.54) is 6.42 Å². The highest BCUT2D eigenvalue weighted by molar-refractivity contribution is 4.72. The number of unbranched alkanes of at least 4 members (excludes halogenated alkanes) is 1. The average Bonchev–Trinajstić information content (AvgIpc) is 2.52. The molecule has 0 aromatic rings. The van der Waals surface area contributed by atoms with Gasteiger partial charge in [-0.3, -0.25) is 0 Å². The Balaban J connectivity index is 2.12. The third-order valence-electron chi connectivity index (χ3n) is 2.36. The molecule has 11 heavy (non-hydrogen) atoms. The topological polar surface area (TPSA) is 29.5 Å². The summed E-state index contributed by atoms with van der Waals surface area (Å²) in [4.78, 5) is 0. The number of ether oxygens (including phenoxy) is 1. The monoisotopic (exact) mass is 158 g/mol. The van der Waals surface area contributed by atoms with Gasteiger partial charge in [0.2, 0.25) is 0 Å². The molecule has 1 aliphatic heterocycles. The summed E-state index contributed by atoms with van der Waals surface area (Å²) >= 11 is 0. The van der Waals surface area contributed by atoms with Gasteiger partial charge in [0.25, 0.3) is 0 Å². The van der Waals surface area contributed by atoms with Crippen molar-refractivity contribution < 1.29 is 9.84 Å². The molecule has 0 amide bonds. The summed E-state index contributed by atoms with van der Waals surface area (Å²) in [6.07, 6.45) is 4.19. The van der Waals surface area contributed by atoms with Crippen LogP contribution in [0.1, 0.15) is 32.6 Å². The van der Waals surface area contributed by atoms with E-state index in [1.54, 1.807) is 0 Å². The van der Waals surface area contributed by atoms with Gasteiger partial charge >= 0.3 is 0 Å². The molecule has 0 bridgehead atoms.